The van der Waals surface area contributed by atoms with Gasteiger partial charge in [-0.25, -0.2) is 9.78 Å². The van der Waals surface area contributed by atoms with Gasteiger partial charge in [0.15, 0.2) is 0 Å². The molecule has 0 bridgehead atoms. The van der Waals surface area contributed by atoms with Gasteiger partial charge in [0.25, 0.3) is 5.56 Å². The largest absolute Gasteiger partial charge is 0.478 e. The number of rotatable bonds is 4. The zero-order valence-electron chi connectivity index (χ0n) is 17.0. The molecule has 0 saturated carbocycles. The fourth-order valence-corrected chi connectivity index (χ4v) is 5.05. The van der Waals surface area contributed by atoms with E-state index in [2.05, 4.69) is 4.98 Å². The maximum absolute atomic E-state index is 13.5. The van der Waals surface area contributed by atoms with E-state index in [9.17, 15) is 19.5 Å². The lowest BCUT2D eigenvalue weighted by Gasteiger charge is -2.30. The molecule has 0 aliphatic carbocycles. The van der Waals surface area contributed by atoms with E-state index in [1.54, 1.807) is 4.90 Å². The number of carbonyl (C=O) groups excluding carboxylic acids is 1. The first-order valence-corrected chi connectivity index (χ1v) is 11.1. The fraction of sp³-hybridized carbons (Fsp3) is 0.167. The molecule has 1 aliphatic heterocycles. The number of carboxylic acid groups (broad SMARTS) is 1. The Morgan fingerprint density at radius 3 is 2.59 bits per heavy atom. The van der Waals surface area contributed by atoms with Crippen LogP contribution in [0.25, 0.3) is 21.6 Å². The van der Waals surface area contributed by atoms with Crippen molar-refractivity contribution >= 4 is 39.1 Å². The van der Waals surface area contributed by atoms with E-state index in [1.807, 2.05) is 54.6 Å². The number of benzene rings is 2. The Morgan fingerprint density at radius 1 is 1.06 bits per heavy atom. The second-order valence-electron chi connectivity index (χ2n) is 7.61. The number of hydrogen-bond acceptors (Lipinski definition) is 5. The van der Waals surface area contributed by atoms with Gasteiger partial charge in [0.2, 0.25) is 5.91 Å². The Labute approximate surface area is 187 Å². The molecule has 0 fully saturated rings. The van der Waals surface area contributed by atoms with E-state index < -0.39 is 11.5 Å². The number of thiophene rings is 1. The van der Waals surface area contributed by atoms with Crippen molar-refractivity contribution in [3.8, 4) is 11.4 Å². The molecule has 0 saturated heterocycles. The molecule has 2 aromatic carbocycles. The Morgan fingerprint density at radius 2 is 1.81 bits per heavy atom. The summed E-state index contributed by atoms with van der Waals surface area (Å²) in [5.41, 5.74) is 2.03. The number of fused-ring (bicyclic) bond motifs is 2. The first-order valence-electron chi connectivity index (χ1n) is 10.2. The molecule has 1 amide bonds. The van der Waals surface area contributed by atoms with Crippen LogP contribution in [-0.4, -0.2) is 33.1 Å². The number of carboxylic acids is 1. The Hall–Kier alpha value is -3.78. The molecule has 5 rings (SSSR count). The van der Waals surface area contributed by atoms with Crippen LogP contribution in [-0.2, 0) is 17.8 Å². The summed E-state index contributed by atoms with van der Waals surface area (Å²) >= 11 is 1.11. The smallest absolute Gasteiger partial charge is 0.337 e. The summed E-state index contributed by atoms with van der Waals surface area (Å²) in [7, 11) is 0. The minimum atomic E-state index is -1.19. The molecule has 7 nitrogen and oxygen atoms in total. The van der Waals surface area contributed by atoms with Crippen LogP contribution in [0.1, 0.15) is 22.3 Å². The van der Waals surface area contributed by atoms with Crippen LogP contribution in [0.3, 0.4) is 0 Å². The molecule has 0 unspecified atom stereocenters. The van der Waals surface area contributed by atoms with Crippen molar-refractivity contribution in [1.82, 2.24) is 9.55 Å². The van der Waals surface area contributed by atoms with Gasteiger partial charge < -0.3 is 10.0 Å². The van der Waals surface area contributed by atoms with Crippen molar-refractivity contribution in [3.05, 3.63) is 81.5 Å². The van der Waals surface area contributed by atoms with E-state index in [4.69, 9.17) is 0 Å². The molecule has 32 heavy (non-hydrogen) atoms. The quantitative estimate of drug-likeness (QED) is 0.516. The highest BCUT2D eigenvalue weighted by Gasteiger charge is 2.26. The molecule has 1 N–H and O–H groups in total. The molecule has 0 spiro atoms. The van der Waals surface area contributed by atoms with Crippen molar-refractivity contribution in [2.75, 3.05) is 11.4 Å². The van der Waals surface area contributed by atoms with Crippen molar-refractivity contribution < 1.29 is 14.7 Å². The lowest BCUT2D eigenvalue weighted by atomic mass is 10.0. The number of aromatic carboxylic acids is 1. The second-order valence-corrected chi connectivity index (χ2v) is 8.46. The molecule has 2 aromatic heterocycles. The topological polar surface area (TPSA) is 92.5 Å². The van der Waals surface area contributed by atoms with E-state index in [-0.39, 0.29) is 23.4 Å². The summed E-state index contributed by atoms with van der Waals surface area (Å²) in [5.74, 6) is -1.07. The minimum absolute atomic E-state index is 0.0361. The highest BCUT2D eigenvalue weighted by molar-refractivity contribution is 7.17. The third-order valence-corrected chi connectivity index (χ3v) is 6.53. The van der Waals surface area contributed by atoms with Gasteiger partial charge in [-0.3, -0.25) is 14.2 Å². The first-order chi connectivity index (χ1) is 15.5. The first kappa shape index (κ1) is 20.1. The van der Waals surface area contributed by atoms with Crippen molar-refractivity contribution in [1.29, 1.82) is 0 Å². The van der Waals surface area contributed by atoms with Crippen molar-refractivity contribution in [2.45, 2.75) is 19.4 Å². The van der Waals surface area contributed by atoms with Gasteiger partial charge in [0.1, 0.15) is 17.2 Å². The number of anilines is 1. The zero-order valence-corrected chi connectivity index (χ0v) is 17.8. The number of hydrogen-bond donors (Lipinski definition) is 1. The van der Waals surface area contributed by atoms with Crippen LogP contribution in [0, 0.1) is 0 Å². The molecule has 8 heteroatoms. The predicted octanol–water partition coefficient (Wildman–Crippen LogP) is 3.80. The van der Waals surface area contributed by atoms with Crippen molar-refractivity contribution in [2.24, 2.45) is 0 Å². The van der Waals surface area contributed by atoms with Crippen LogP contribution in [0.4, 0.5) is 5.69 Å². The van der Waals surface area contributed by atoms with Crippen LogP contribution in [0.2, 0.25) is 0 Å². The molecular formula is C24H19N3O4S. The third kappa shape index (κ3) is 3.38. The van der Waals surface area contributed by atoms with E-state index >= 15 is 0 Å². The normalized spacial score (nSPS) is 13.2. The average Bonchev–Trinajstić information content (AvgIpc) is 3.25. The summed E-state index contributed by atoms with van der Waals surface area (Å²) < 4.78 is 1.30. The third-order valence-electron chi connectivity index (χ3n) is 5.66. The standard InChI is InChI=1S/C24H19N3O4S/c28-19(26-12-6-10-15-7-4-5-11-18(15)26)13-27-21(16-8-2-1-3-9-16)25-22-20(23(27)29)17(14-32-22)24(30)31/h1-5,7-9,11,14H,6,10,12-13H2,(H,30,31). The van der Waals surface area contributed by atoms with Gasteiger partial charge in [-0.2, -0.15) is 0 Å². The maximum Gasteiger partial charge on any atom is 0.337 e. The number of aromatic nitrogens is 2. The highest BCUT2D eigenvalue weighted by Crippen LogP contribution is 2.28. The molecule has 0 radical (unpaired) electrons. The van der Waals surface area contributed by atoms with Gasteiger partial charge in [-0.1, -0.05) is 48.5 Å². The number of para-hydroxylation sites is 1. The number of amides is 1. The van der Waals surface area contributed by atoms with Gasteiger partial charge in [-0.15, -0.1) is 11.3 Å². The van der Waals surface area contributed by atoms with Crippen LogP contribution < -0.4 is 10.5 Å². The Balaban J connectivity index is 1.65. The zero-order chi connectivity index (χ0) is 22.2. The lowest BCUT2D eigenvalue weighted by molar-refractivity contribution is -0.119. The molecule has 1 aliphatic rings. The molecule has 4 aromatic rings. The summed E-state index contributed by atoms with van der Waals surface area (Å²) in [5, 5.41) is 11.0. The average molecular weight is 446 g/mol. The Kier molecular flexibility index (Phi) is 5.07. The fourth-order valence-electron chi connectivity index (χ4n) is 4.15. The molecular weight excluding hydrogens is 426 g/mol. The monoisotopic (exact) mass is 445 g/mol. The van der Waals surface area contributed by atoms with Crippen LogP contribution in [0.5, 0.6) is 0 Å². The van der Waals surface area contributed by atoms with Crippen LogP contribution >= 0.6 is 11.3 Å². The highest BCUT2D eigenvalue weighted by atomic mass is 32.1. The van der Waals surface area contributed by atoms with Gasteiger partial charge in [0, 0.05) is 23.2 Å². The molecule has 3 heterocycles. The number of carbonyl (C=O) groups is 2. The second kappa shape index (κ2) is 8.05. The minimum Gasteiger partial charge on any atom is -0.478 e. The predicted molar refractivity (Wildman–Crippen MR) is 123 cm³/mol. The van der Waals surface area contributed by atoms with E-state index in [0.29, 0.717) is 22.8 Å². The van der Waals surface area contributed by atoms with Crippen molar-refractivity contribution in [3.63, 3.8) is 0 Å². The summed E-state index contributed by atoms with van der Waals surface area (Å²) in [6.07, 6.45) is 1.74. The SMILES string of the molecule is O=C(O)c1csc2nc(-c3ccccc3)n(CC(=O)N3CCCc4ccccc43)c(=O)c12. The molecule has 160 valence electrons. The van der Waals surface area contributed by atoms with Crippen LogP contribution in [0.15, 0.2) is 64.8 Å². The summed E-state index contributed by atoms with van der Waals surface area (Å²) in [6.45, 7) is 0.342. The maximum atomic E-state index is 13.5. The van der Waals surface area contributed by atoms with Gasteiger partial charge in [-0.05, 0) is 24.5 Å². The molecule has 0 atom stereocenters. The number of aryl methyl sites for hydroxylation is 1. The van der Waals surface area contributed by atoms with Gasteiger partial charge >= 0.3 is 5.97 Å². The van der Waals surface area contributed by atoms with E-state index in [0.717, 1.165) is 35.4 Å². The Bertz CT molecular complexity index is 1410. The summed E-state index contributed by atoms with van der Waals surface area (Å²) in [6, 6.07) is 16.9. The lowest BCUT2D eigenvalue weighted by Crippen LogP contribution is -2.40. The number of nitrogens with zero attached hydrogens (tertiary/aromatic N) is 3. The van der Waals surface area contributed by atoms with E-state index in [1.165, 1.54) is 9.95 Å². The summed E-state index contributed by atoms with van der Waals surface area (Å²) in [4.78, 5) is 45.2. The van der Waals surface area contributed by atoms with Gasteiger partial charge in [0.05, 0.1) is 10.9 Å².